The Morgan fingerprint density at radius 2 is 2.00 bits per heavy atom. The standard InChI is InChI=1S/C18H23NO5/c1-3-14(15-7-5-4-6-8-15)11-19-17(20)13(2)24-18(21)16-12-22-9-10-23-16/h4-8,12-14H,3,9-11H2,1-2H3,(H,19,20)/t13-,14+/m0/s1. The molecule has 1 aromatic carbocycles. The first-order valence-electron chi connectivity index (χ1n) is 8.10. The topological polar surface area (TPSA) is 73.9 Å². The van der Waals surface area contributed by atoms with Gasteiger partial charge in [-0.2, -0.15) is 0 Å². The molecule has 2 atom stereocenters. The van der Waals surface area contributed by atoms with Gasteiger partial charge in [0.15, 0.2) is 6.10 Å². The van der Waals surface area contributed by atoms with Crippen molar-refractivity contribution in [3.8, 4) is 0 Å². The maximum absolute atomic E-state index is 12.1. The van der Waals surface area contributed by atoms with E-state index in [0.717, 1.165) is 6.42 Å². The normalized spacial score (nSPS) is 16.0. The van der Waals surface area contributed by atoms with Crippen molar-refractivity contribution in [1.29, 1.82) is 0 Å². The van der Waals surface area contributed by atoms with Crippen LogP contribution in [-0.4, -0.2) is 37.7 Å². The summed E-state index contributed by atoms with van der Waals surface area (Å²) < 4.78 is 15.2. The number of esters is 1. The zero-order chi connectivity index (χ0) is 17.4. The minimum atomic E-state index is -0.905. The minimum absolute atomic E-state index is 0.0170. The fourth-order valence-electron chi connectivity index (χ4n) is 2.34. The molecule has 6 heteroatoms. The molecule has 1 N–H and O–H groups in total. The average molecular weight is 333 g/mol. The van der Waals surface area contributed by atoms with Gasteiger partial charge in [0.25, 0.3) is 5.91 Å². The predicted octanol–water partition coefficient (Wildman–Crippen LogP) is 2.12. The van der Waals surface area contributed by atoms with E-state index in [9.17, 15) is 9.59 Å². The lowest BCUT2D eigenvalue weighted by atomic mass is 9.96. The van der Waals surface area contributed by atoms with Crippen molar-refractivity contribution in [3.05, 3.63) is 47.9 Å². The van der Waals surface area contributed by atoms with Gasteiger partial charge in [-0.05, 0) is 18.9 Å². The fraction of sp³-hybridized carbons (Fsp3) is 0.444. The molecular formula is C18H23NO5. The highest BCUT2D eigenvalue weighted by Crippen LogP contribution is 2.18. The molecule has 1 aliphatic rings. The molecule has 2 rings (SSSR count). The van der Waals surface area contributed by atoms with E-state index in [1.165, 1.54) is 18.7 Å². The van der Waals surface area contributed by atoms with E-state index in [1.807, 2.05) is 30.3 Å². The van der Waals surface area contributed by atoms with E-state index in [2.05, 4.69) is 12.2 Å². The summed E-state index contributed by atoms with van der Waals surface area (Å²) in [4.78, 5) is 24.0. The van der Waals surface area contributed by atoms with Gasteiger partial charge in [0.05, 0.1) is 0 Å². The molecule has 0 spiro atoms. The largest absolute Gasteiger partial charge is 0.493 e. The quantitative estimate of drug-likeness (QED) is 0.774. The van der Waals surface area contributed by atoms with E-state index < -0.39 is 12.1 Å². The van der Waals surface area contributed by atoms with Gasteiger partial charge in [-0.25, -0.2) is 4.79 Å². The highest BCUT2D eigenvalue weighted by Gasteiger charge is 2.23. The van der Waals surface area contributed by atoms with Gasteiger partial charge in [0.1, 0.15) is 19.5 Å². The Bertz CT molecular complexity index is 584. The van der Waals surface area contributed by atoms with Crippen LogP contribution in [0.3, 0.4) is 0 Å². The third kappa shape index (κ3) is 5.01. The maximum Gasteiger partial charge on any atom is 0.377 e. The summed E-state index contributed by atoms with van der Waals surface area (Å²) in [7, 11) is 0. The zero-order valence-corrected chi connectivity index (χ0v) is 14.0. The number of rotatable bonds is 7. The number of hydrogen-bond donors (Lipinski definition) is 1. The summed E-state index contributed by atoms with van der Waals surface area (Å²) in [5.41, 5.74) is 1.17. The van der Waals surface area contributed by atoms with Crippen molar-refractivity contribution in [2.24, 2.45) is 0 Å². The third-order valence-electron chi connectivity index (χ3n) is 3.79. The molecule has 0 bridgehead atoms. The lowest BCUT2D eigenvalue weighted by Crippen LogP contribution is -2.38. The van der Waals surface area contributed by atoms with E-state index in [4.69, 9.17) is 14.2 Å². The molecule has 0 aromatic heterocycles. The molecule has 1 heterocycles. The van der Waals surface area contributed by atoms with Gasteiger partial charge in [0, 0.05) is 12.5 Å². The van der Waals surface area contributed by atoms with Crippen molar-refractivity contribution >= 4 is 11.9 Å². The van der Waals surface area contributed by atoms with Crippen LogP contribution in [0.15, 0.2) is 42.4 Å². The number of nitrogens with one attached hydrogen (secondary N) is 1. The SMILES string of the molecule is CC[C@H](CNC(=O)[C@H](C)OC(=O)C1=COCCO1)c1ccccc1. The van der Waals surface area contributed by atoms with Crippen LogP contribution in [0.5, 0.6) is 0 Å². The molecular weight excluding hydrogens is 310 g/mol. The van der Waals surface area contributed by atoms with E-state index in [0.29, 0.717) is 13.2 Å². The van der Waals surface area contributed by atoms with Crippen LogP contribution in [0.2, 0.25) is 0 Å². The highest BCUT2D eigenvalue weighted by molar-refractivity contribution is 5.89. The van der Waals surface area contributed by atoms with Gasteiger partial charge in [0.2, 0.25) is 5.76 Å². The lowest BCUT2D eigenvalue weighted by molar-refractivity contribution is -0.155. The molecule has 0 unspecified atom stereocenters. The van der Waals surface area contributed by atoms with Crippen molar-refractivity contribution in [1.82, 2.24) is 5.32 Å². The molecule has 1 amide bonds. The molecule has 0 radical (unpaired) electrons. The average Bonchev–Trinajstić information content (AvgIpc) is 2.63. The highest BCUT2D eigenvalue weighted by atomic mass is 16.6. The molecule has 6 nitrogen and oxygen atoms in total. The monoisotopic (exact) mass is 333 g/mol. The van der Waals surface area contributed by atoms with E-state index in [-0.39, 0.29) is 24.2 Å². The van der Waals surface area contributed by atoms with Crippen LogP contribution >= 0.6 is 0 Å². The first-order chi connectivity index (χ1) is 11.6. The number of hydrogen-bond acceptors (Lipinski definition) is 5. The van der Waals surface area contributed by atoms with Crippen molar-refractivity contribution in [2.75, 3.05) is 19.8 Å². The zero-order valence-electron chi connectivity index (χ0n) is 14.0. The number of amides is 1. The number of ether oxygens (including phenoxy) is 3. The van der Waals surface area contributed by atoms with Crippen LogP contribution in [0.25, 0.3) is 0 Å². The Morgan fingerprint density at radius 3 is 2.62 bits per heavy atom. The van der Waals surface area contributed by atoms with Gasteiger partial charge in [-0.1, -0.05) is 37.3 Å². The third-order valence-corrected chi connectivity index (χ3v) is 3.79. The van der Waals surface area contributed by atoms with Crippen molar-refractivity contribution in [2.45, 2.75) is 32.3 Å². The number of carbonyl (C=O) groups is 2. The van der Waals surface area contributed by atoms with Crippen molar-refractivity contribution in [3.63, 3.8) is 0 Å². The number of carbonyl (C=O) groups excluding carboxylic acids is 2. The van der Waals surface area contributed by atoms with E-state index in [1.54, 1.807) is 0 Å². The number of benzene rings is 1. The Hall–Kier alpha value is -2.50. The first kappa shape index (κ1) is 17.8. The molecule has 0 saturated carbocycles. The summed E-state index contributed by atoms with van der Waals surface area (Å²) in [5, 5.41) is 2.83. The summed E-state index contributed by atoms with van der Waals surface area (Å²) in [6.07, 6.45) is 1.20. The predicted molar refractivity (Wildman–Crippen MR) is 88.0 cm³/mol. The second kappa shape index (κ2) is 8.96. The Morgan fingerprint density at radius 1 is 1.25 bits per heavy atom. The van der Waals surface area contributed by atoms with Crippen LogP contribution in [-0.2, 0) is 23.8 Å². The smallest absolute Gasteiger partial charge is 0.377 e. The Kier molecular flexibility index (Phi) is 6.66. The summed E-state index contributed by atoms with van der Waals surface area (Å²) in [6.45, 7) is 4.77. The molecule has 130 valence electrons. The second-order valence-electron chi connectivity index (χ2n) is 5.51. The van der Waals surface area contributed by atoms with Crippen LogP contribution in [0, 0.1) is 0 Å². The van der Waals surface area contributed by atoms with E-state index >= 15 is 0 Å². The van der Waals surface area contributed by atoms with Gasteiger partial charge < -0.3 is 19.5 Å². The van der Waals surface area contributed by atoms with Crippen LogP contribution in [0.4, 0.5) is 0 Å². The maximum atomic E-state index is 12.1. The van der Waals surface area contributed by atoms with Crippen LogP contribution < -0.4 is 5.32 Å². The minimum Gasteiger partial charge on any atom is -0.493 e. The molecule has 0 saturated heterocycles. The van der Waals surface area contributed by atoms with Gasteiger partial charge in [-0.15, -0.1) is 0 Å². The Labute approximate surface area is 141 Å². The summed E-state index contributed by atoms with van der Waals surface area (Å²) in [5.74, 6) is -0.838. The molecule has 24 heavy (non-hydrogen) atoms. The first-order valence-corrected chi connectivity index (χ1v) is 8.10. The lowest BCUT2D eigenvalue weighted by Gasteiger charge is -2.19. The fourth-order valence-corrected chi connectivity index (χ4v) is 2.34. The molecule has 1 aliphatic heterocycles. The van der Waals surface area contributed by atoms with Crippen molar-refractivity contribution < 1.29 is 23.8 Å². The molecule has 0 aliphatic carbocycles. The summed E-state index contributed by atoms with van der Waals surface area (Å²) >= 11 is 0. The molecule has 1 aromatic rings. The summed E-state index contributed by atoms with van der Waals surface area (Å²) in [6, 6.07) is 9.99. The van der Waals surface area contributed by atoms with Gasteiger partial charge in [-0.3, -0.25) is 4.79 Å². The van der Waals surface area contributed by atoms with Gasteiger partial charge >= 0.3 is 5.97 Å². The Balaban J connectivity index is 1.82. The van der Waals surface area contributed by atoms with Crippen LogP contribution in [0.1, 0.15) is 31.7 Å². The second-order valence-corrected chi connectivity index (χ2v) is 5.51. The molecule has 0 fully saturated rings.